The maximum Gasteiger partial charge on any atom is 0.276 e. The van der Waals surface area contributed by atoms with E-state index in [-0.39, 0.29) is 11.6 Å². The van der Waals surface area contributed by atoms with Gasteiger partial charge in [0.15, 0.2) is 5.70 Å². The van der Waals surface area contributed by atoms with Gasteiger partial charge in [0.25, 0.3) is 11.8 Å². The van der Waals surface area contributed by atoms with Gasteiger partial charge in [-0.1, -0.05) is 121 Å². The molecule has 0 aliphatic heterocycles. The number of benzene rings is 6. The monoisotopic (exact) mass is 703 g/mol. The Kier molecular flexibility index (Phi) is 12.0. The molecule has 0 atom stereocenters. The number of anilines is 1. The van der Waals surface area contributed by atoms with Gasteiger partial charge in [0.2, 0.25) is 0 Å². The number of amides is 2. The van der Waals surface area contributed by atoms with Crippen molar-refractivity contribution in [2.75, 3.05) is 5.32 Å². The molecule has 0 aromatic heterocycles. The summed E-state index contributed by atoms with van der Waals surface area (Å²) >= 11 is 0. The van der Waals surface area contributed by atoms with Crippen LogP contribution in [0.25, 0.3) is 5.31 Å². The Balaban J connectivity index is 0.000000908. The van der Waals surface area contributed by atoms with Gasteiger partial charge in [-0.05, 0) is 60.7 Å². The summed E-state index contributed by atoms with van der Waals surface area (Å²) in [5, 5.41) is 10.1. The number of rotatable bonds is 9. The van der Waals surface area contributed by atoms with Crippen molar-refractivity contribution in [1.82, 2.24) is 5.32 Å². The lowest BCUT2D eigenvalue weighted by atomic mass is 10.1. The minimum Gasteiger partial charge on any atom is -0.321 e. The van der Waals surface area contributed by atoms with Gasteiger partial charge in [0.1, 0.15) is 28.5 Å². The van der Waals surface area contributed by atoms with Crippen molar-refractivity contribution in [3.63, 3.8) is 0 Å². The molecule has 0 saturated carbocycles. The average Bonchev–Trinajstić information content (AvgIpc) is 3.14. The highest BCUT2D eigenvalue weighted by atomic mass is 35.7. The number of hydrogen-bond donors (Lipinski definition) is 3. The predicted molar refractivity (Wildman–Crippen MR) is 190 cm³/mol. The quantitative estimate of drug-likeness (QED) is 0.156. The van der Waals surface area contributed by atoms with E-state index in [0.717, 1.165) is 26.8 Å². The van der Waals surface area contributed by atoms with Crippen LogP contribution >= 0.6 is 7.26 Å². The van der Waals surface area contributed by atoms with Gasteiger partial charge in [0, 0.05) is 16.8 Å². The van der Waals surface area contributed by atoms with E-state index in [1.807, 2.05) is 133 Å². The molecule has 0 radical (unpaired) electrons. The largest absolute Gasteiger partial charge is 0.321 e. The molecule has 0 aliphatic rings. The van der Waals surface area contributed by atoms with Crippen LogP contribution in [0.4, 0.5) is 5.69 Å². The maximum atomic E-state index is 14.7. The first kappa shape index (κ1) is 35.9. The lowest BCUT2D eigenvalue weighted by molar-refractivity contribution is -1.92. The number of halogens is 1. The van der Waals surface area contributed by atoms with Gasteiger partial charge >= 0.3 is 0 Å². The van der Waals surface area contributed by atoms with E-state index in [9.17, 15) is 9.59 Å². The van der Waals surface area contributed by atoms with Crippen molar-refractivity contribution in [2.24, 2.45) is 0 Å². The Morgan fingerprint density at radius 1 is 0.500 bits per heavy atom. The predicted octanol–water partition coefficient (Wildman–Crippen LogP) is 3.29. The molecule has 0 aliphatic carbocycles. The molecule has 6 rings (SSSR count). The fourth-order valence-electron chi connectivity index (χ4n) is 5.60. The molecule has 0 bridgehead atoms. The first-order valence-corrected chi connectivity index (χ1v) is 18.5. The summed E-state index contributed by atoms with van der Waals surface area (Å²) in [7, 11) is -7.54. The Morgan fingerprint density at radius 2 is 0.820 bits per heavy atom. The van der Waals surface area contributed by atoms with E-state index in [2.05, 4.69) is 47.0 Å². The molecule has 2 amide bonds. The van der Waals surface area contributed by atoms with Gasteiger partial charge in [0.05, 0.1) is 14.9 Å². The molecular formula is C40H33ClN2O6P+. The second kappa shape index (κ2) is 16.8. The number of hydrogen-bond acceptors (Lipinski definition) is 6. The highest BCUT2D eigenvalue weighted by molar-refractivity contribution is 8.03. The van der Waals surface area contributed by atoms with Crippen LogP contribution in [0.15, 0.2) is 188 Å². The van der Waals surface area contributed by atoms with Crippen molar-refractivity contribution in [1.29, 1.82) is 0 Å². The zero-order chi connectivity index (χ0) is 35.4. The topological polar surface area (TPSA) is 148 Å². The third kappa shape index (κ3) is 8.96. The molecule has 0 spiro atoms. The molecule has 8 nitrogen and oxygen atoms in total. The molecule has 0 fully saturated rings. The second-order valence-corrected chi connectivity index (χ2v) is 14.9. The van der Waals surface area contributed by atoms with Crippen molar-refractivity contribution in [3.8, 4) is 0 Å². The van der Waals surface area contributed by atoms with E-state index in [4.69, 9.17) is 18.6 Å². The lowest BCUT2D eigenvalue weighted by Crippen LogP contribution is -2.58. The molecule has 6 aromatic rings. The van der Waals surface area contributed by atoms with Crippen molar-refractivity contribution in [2.45, 2.75) is 0 Å². The maximum absolute atomic E-state index is 14.7. The molecule has 6 aromatic carbocycles. The van der Waals surface area contributed by atoms with Crippen molar-refractivity contribution >= 4 is 46.0 Å². The highest BCUT2D eigenvalue weighted by Crippen LogP contribution is 2.67. The van der Waals surface area contributed by atoms with Crippen molar-refractivity contribution < 1.29 is 38.5 Å². The summed E-state index contributed by atoms with van der Waals surface area (Å²) < 4.78 is 32.7. The average molecular weight is 704 g/mol. The van der Waals surface area contributed by atoms with Crippen molar-refractivity contribution in [3.05, 3.63) is 199 Å². The Bertz CT molecular complexity index is 1910. The second-order valence-electron chi connectivity index (χ2n) is 10.8. The van der Waals surface area contributed by atoms with E-state index in [1.54, 1.807) is 12.1 Å². The zero-order valence-corrected chi connectivity index (χ0v) is 28.3. The number of carbonyl (C=O) groups is 2. The van der Waals surface area contributed by atoms with Gasteiger partial charge in [-0.3, -0.25) is 9.59 Å². The summed E-state index contributed by atoms with van der Waals surface area (Å²) in [6, 6.07) is 59.2. The van der Waals surface area contributed by atoms with Crippen LogP contribution in [0.5, 0.6) is 0 Å². The highest BCUT2D eigenvalue weighted by Gasteiger charge is 2.52. The van der Waals surface area contributed by atoms with Crippen LogP contribution in [-0.4, -0.2) is 16.5 Å². The fourth-order valence-corrected chi connectivity index (χ4v) is 10.2. The summed E-state index contributed by atoms with van der Waals surface area (Å²) in [6.45, 7) is 0. The summed E-state index contributed by atoms with van der Waals surface area (Å²) in [6.07, 6.45) is 0. The number of nitrogens with one attached hydrogen (secondary N) is 2. The van der Waals surface area contributed by atoms with Gasteiger partial charge in [-0.15, -0.1) is 0 Å². The molecule has 3 N–H and O–H groups in total. The van der Waals surface area contributed by atoms with E-state index >= 15 is 0 Å². The molecule has 50 heavy (non-hydrogen) atoms. The first-order chi connectivity index (χ1) is 24.2. The van der Waals surface area contributed by atoms with Gasteiger partial charge in [-0.25, -0.2) is 0 Å². The van der Waals surface area contributed by atoms with Crippen LogP contribution in [0, 0.1) is 10.2 Å². The molecule has 10 heteroatoms. The zero-order valence-electron chi connectivity index (χ0n) is 26.6. The Morgan fingerprint density at radius 3 is 1.20 bits per heavy atom. The van der Waals surface area contributed by atoms with Gasteiger partial charge < -0.3 is 10.6 Å². The van der Waals surface area contributed by atoms with Gasteiger partial charge in [-0.2, -0.15) is 14.0 Å². The molecule has 0 heterocycles. The number of para-hydroxylation sites is 1. The normalized spacial score (nSPS) is 11.7. The van der Waals surface area contributed by atoms with Crippen LogP contribution in [0.2, 0.25) is 0 Å². The van der Waals surface area contributed by atoms with Crippen LogP contribution in [-0.2, 0) is 4.79 Å². The number of carbonyl (C=O) groups excluding carboxylic acids is 2. The van der Waals surface area contributed by atoms with Crippen LogP contribution in [0.3, 0.4) is 0 Å². The summed E-state index contributed by atoms with van der Waals surface area (Å²) in [4.78, 5) is 28.6. The summed E-state index contributed by atoms with van der Waals surface area (Å²) in [5.74, 6) is -0.772. The summed E-state index contributed by atoms with van der Waals surface area (Å²) in [5.41, 5.74) is 2.13. The van der Waals surface area contributed by atoms with Crippen LogP contribution in [0.1, 0.15) is 15.9 Å². The van der Waals surface area contributed by atoms with E-state index in [1.165, 1.54) is 0 Å². The molecule has 0 unspecified atom stereocenters. The smallest absolute Gasteiger partial charge is 0.276 e. The SMILES string of the molecule is O=C(Nc1ccccc1)/C(NC(=O)c1ccccc1)=C(\c1ccccc1)[P+](c1ccccc1)(c1ccccc1)c1ccccc1.[O-][Cl+3]([O-])([O-])O. The minimum atomic E-state index is -4.69. The molecule has 250 valence electrons. The standard InChI is InChI=1S/C40H31N2O2P.ClHO4/c43-39(32-21-9-2-10-22-32)42-37(40(44)41-33-23-11-3-12-24-33)38(31-19-7-1-8-20-31)45(34-25-13-4-14-26-34,35-27-15-5-16-28-35)36-29-17-6-18-30-36;2-1(3,4)5/h1-30H,(H-,41,42,43,44);(H,2,3,4,5)/p+1/b38-37-;. The van der Waals surface area contributed by atoms with Crippen LogP contribution < -0.4 is 40.5 Å². The van der Waals surface area contributed by atoms with E-state index < -0.39 is 23.4 Å². The fraction of sp³-hybridized carbons (Fsp3) is 0. The third-order valence-electron chi connectivity index (χ3n) is 7.58. The Hall–Kier alpha value is -5.44. The molecular weight excluding hydrogens is 671 g/mol. The van der Waals surface area contributed by atoms with E-state index in [0.29, 0.717) is 11.3 Å². The minimum absolute atomic E-state index is 0.198. The third-order valence-corrected chi connectivity index (χ3v) is 12.0. The lowest BCUT2D eigenvalue weighted by Gasteiger charge is -2.31. The first-order valence-electron chi connectivity index (χ1n) is 15.4. The Labute approximate surface area is 293 Å². The molecule has 0 saturated heterocycles.